The van der Waals surface area contributed by atoms with Crippen LogP contribution < -0.4 is 5.32 Å². The van der Waals surface area contributed by atoms with Gasteiger partial charge in [0.2, 0.25) is 5.91 Å². The van der Waals surface area contributed by atoms with Crippen LogP contribution in [-0.4, -0.2) is 35.0 Å². The van der Waals surface area contributed by atoms with Crippen molar-refractivity contribution in [3.63, 3.8) is 0 Å². The fraction of sp³-hybridized carbons (Fsp3) is 0.438. The number of hydrogen-bond donors (Lipinski definition) is 1. The number of aromatic nitrogens is 1. The second-order valence-electron chi connectivity index (χ2n) is 5.79. The summed E-state index contributed by atoms with van der Waals surface area (Å²) in [4.78, 5) is 26.2. The van der Waals surface area contributed by atoms with Crippen molar-refractivity contribution >= 4 is 17.6 Å². The predicted octanol–water partition coefficient (Wildman–Crippen LogP) is 2.38. The molecule has 7 nitrogen and oxygen atoms in total. The topological polar surface area (TPSA) is 88.6 Å². The standard InChI is InChI=1S/C16H19N3O4/c1-10-3-4-13(22-10)16(21)19-7-5-12(6-8-19)15(20)17-14-9-11(2)23-18-14/h3-4,9,12H,5-8H2,1-2H3,(H,17,18,20). The predicted molar refractivity (Wildman–Crippen MR) is 81.9 cm³/mol. The number of nitrogens with one attached hydrogen (secondary N) is 1. The average Bonchev–Trinajstić information content (AvgIpc) is 3.15. The van der Waals surface area contributed by atoms with Crippen LogP contribution in [0.2, 0.25) is 0 Å². The zero-order valence-corrected chi connectivity index (χ0v) is 13.2. The molecule has 0 aromatic carbocycles. The van der Waals surface area contributed by atoms with Gasteiger partial charge in [-0.3, -0.25) is 9.59 Å². The molecule has 0 unspecified atom stereocenters. The van der Waals surface area contributed by atoms with Gasteiger partial charge in [0.1, 0.15) is 11.5 Å². The van der Waals surface area contributed by atoms with Crippen molar-refractivity contribution in [2.24, 2.45) is 5.92 Å². The van der Waals surface area contributed by atoms with E-state index in [9.17, 15) is 9.59 Å². The molecule has 0 atom stereocenters. The first-order valence-corrected chi connectivity index (χ1v) is 7.63. The molecule has 1 aliphatic rings. The molecule has 1 aliphatic heterocycles. The number of likely N-dealkylation sites (tertiary alicyclic amines) is 1. The molecule has 0 aliphatic carbocycles. The summed E-state index contributed by atoms with van der Waals surface area (Å²) in [5.74, 6) is 1.80. The summed E-state index contributed by atoms with van der Waals surface area (Å²) in [5, 5.41) is 6.50. The van der Waals surface area contributed by atoms with Gasteiger partial charge in [0.05, 0.1) is 0 Å². The van der Waals surface area contributed by atoms with E-state index < -0.39 is 0 Å². The highest BCUT2D eigenvalue weighted by molar-refractivity contribution is 5.93. The molecule has 1 saturated heterocycles. The van der Waals surface area contributed by atoms with Gasteiger partial charge in [-0.1, -0.05) is 5.16 Å². The largest absolute Gasteiger partial charge is 0.456 e. The number of carbonyl (C=O) groups excluding carboxylic acids is 2. The van der Waals surface area contributed by atoms with Crippen molar-refractivity contribution in [3.8, 4) is 0 Å². The molecule has 3 heterocycles. The van der Waals surface area contributed by atoms with Crippen LogP contribution in [0.3, 0.4) is 0 Å². The molecule has 0 bridgehead atoms. The molecule has 0 radical (unpaired) electrons. The highest BCUT2D eigenvalue weighted by atomic mass is 16.5. The number of amides is 2. The molecule has 122 valence electrons. The first kappa shape index (κ1) is 15.3. The van der Waals surface area contributed by atoms with E-state index in [2.05, 4.69) is 10.5 Å². The fourth-order valence-corrected chi connectivity index (χ4v) is 2.70. The third-order valence-electron chi connectivity index (χ3n) is 3.98. The molecule has 2 aromatic heterocycles. The van der Waals surface area contributed by atoms with Crippen LogP contribution >= 0.6 is 0 Å². The maximum atomic E-state index is 12.3. The summed E-state index contributed by atoms with van der Waals surface area (Å²) in [5.41, 5.74) is 0. The molecule has 7 heteroatoms. The van der Waals surface area contributed by atoms with Crippen LogP contribution in [0.4, 0.5) is 5.82 Å². The minimum absolute atomic E-state index is 0.0840. The number of rotatable bonds is 3. The Labute approximate surface area is 133 Å². The summed E-state index contributed by atoms with van der Waals surface area (Å²) in [7, 11) is 0. The van der Waals surface area contributed by atoms with Crippen LogP contribution in [0.15, 0.2) is 27.1 Å². The van der Waals surface area contributed by atoms with E-state index in [0.29, 0.717) is 49.0 Å². The van der Waals surface area contributed by atoms with E-state index in [-0.39, 0.29) is 17.7 Å². The average molecular weight is 317 g/mol. The molecule has 0 spiro atoms. The zero-order valence-electron chi connectivity index (χ0n) is 13.2. The van der Waals surface area contributed by atoms with Crippen molar-refractivity contribution < 1.29 is 18.5 Å². The smallest absolute Gasteiger partial charge is 0.289 e. The number of aryl methyl sites for hydroxylation is 2. The number of hydrogen-bond acceptors (Lipinski definition) is 5. The summed E-state index contributed by atoms with van der Waals surface area (Å²) >= 11 is 0. The van der Waals surface area contributed by atoms with E-state index in [1.807, 2.05) is 0 Å². The molecular weight excluding hydrogens is 298 g/mol. The van der Waals surface area contributed by atoms with E-state index in [1.165, 1.54) is 0 Å². The van der Waals surface area contributed by atoms with Crippen molar-refractivity contribution in [2.75, 3.05) is 18.4 Å². The second kappa shape index (κ2) is 6.28. The molecule has 0 saturated carbocycles. The van der Waals surface area contributed by atoms with Crippen LogP contribution in [0.1, 0.15) is 34.9 Å². The van der Waals surface area contributed by atoms with Gasteiger partial charge >= 0.3 is 0 Å². The quantitative estimate of drug-likeness (QED) is 0.939. The maximum absolute atomic E-state index is 12.3. The van der Waals surface area contributed by atoms with Gasteiger partial charge in [-0.25, -0.2) is 0 Å². The van der Waals surface area contributed by atoms with Crippen molar-refractivity contribution in [3.05, 3.63) is 35.5 Å². The maximum Gasteiger partial charge on any atom is 0.289 e. The molecule has 2 aromatic rings. The second-order valence-corrected chi connectivity index (χ2v) is 5.79. The van der Waals surface area contributed by atoms with Crippen molar-refractivity contribution in [2.45, 2.75) is 26.7 Å². The Morgan fingerprint density at radius 2 is 1.96 bits per heavy atom. The Hall–Kier alpha value is -2.57. The molecule has 1 N–H and O–H groups in total. The van der Waals surface area contributed by atoms with Gasteiger partial charge < -0.3 is 19.2 Å². The lowest BCUT2D eigenvalue weighted by Gasteiger charge is -2.30. The lowest BCUT2D eigenvalue weighted by atomic mass is 9.95. The SMILES string of the molecule is Cc1cc(NC(=O)C2CCN(C(=O)c3ccc(C)o3)CC2)no1. The van der Waals surface area contributed by atoms with E-state index in [4.69, 9.17) is 8.94 Å². The third kappa shape index (κ3) is 3.44. The summed E-state index contributed by atoms with van der Waals surface area (Å²) in [6.07, 6.45) is 1.24. The molecular formula is C16H19N3O4. The van der Waals surface area contributed by atoms with Crippen LogP contribution in [-0.2, 0) is 4.79 Å². The van der Waals surface area contributed by atoms with Gasteiger partial charge in [0.25, 0.3) is 5.91 Å². The van der Waals surface area contributed by atoms with Crippen molar-refractivity contribution in [1.82, 2.24) is 10.1 Å². The van der Waals surface area contributed by atoms with Gasteiger partial charge in [0.15, 0.2) is 11.6 Å². The minimum atomic E-state index is -0.130. The Bertz CT molecular complexity index is 710. The normalized spacial score (nSPS) is 15.7. The molecule has 1 fully saturated rings. The number of piperidine rings is 1. The van der Waals surface area contributed by atoms with E-state index in [0.717, 1.165) is 0 Å². The monoisotopic (exact) mass is 317 g/mol. The van der Waals surface area contributed by atoms with Crippen LogP contribution in [0.25, 0.3) is 0 Å². The third-order valence-corrected chi connectivity index (χ3v) is 3.98. The number of carbonyl (C=O) groups is 2. The van der Waals surface area contributed by atoms with Gasteiger partial charge in [-0.2, -0.15) is 0 Å². The van der Waals surface area contributed by atoms with Crippen LogP contribution in [0.5, 0.6) is 0 Å². The number of furan rings is 1. The first-order chi connectivity index (χ1) is 11.0. The molecule has 23 heavy (non-hydrogen) atoms. The first-order valence-electron chi connectivity index (χ1n) is 7.63. The summed E-state index contributed by atoms with van der Waals surface area (Å²) < 4.78 is 10.3. The Morgan fingerprint density at radius 1 is 1.22 bits per heavy atom. The number of anilines is 1. The summed E-state index contributed by atoms with van der Waals surface area (Å²) in [6, 6.07) is 5.13. The lowest BCUT2D eigenvalue weighted by Crippen LogP contribution is -2.41. The highest BCUT2D eigenvalue weighted by Crippen LogP contribution is 2.21. The Morgan fingerprint density at radius 3 is 2.52 bits per heavy atom. The highest BCUT2D eigenvalue weighted by Gasteiger charge is 2.29. The molecule has 3 rings (SSSR count). The zero-order chi connectivity index (χ0) is 16.4. The van der Waals surface area contributed by atoms with E-state index >= 15 is 0 Å². The summed E-state index contributed by atoms with van der Waals surface area (Å²) in [6.45, 7) is 4.64. The Balaban J connectivity index is 1.53. The van der Waals surface area contributed by atoms with Gasteiger partial charge in [-0.05, 0) is 38.8 Å². The van der Waals surface area contributed by atoms with Crippen LogP contribution in [0, 0.1) is 19.8 Å². The Kier molecular flexibility index (Phi) is 4.18. The van der Waals surface area contributed by atoms with E-state index in [1.54, 1.807) is 36.9 Å². The molecule has 2 amide bonds. The fourth-order valence-electron chi connectivity index (χ4n) is 2.70. The van der Waals surface area contributed by atoms with Gasteiger partial charge in [-0.15, -0.1) is 0 Å². The number of nitrogens with zero attached hydrogens (tertiary/aromatic N) is 2. The minimum Gasteiger partial charge on any atom is -0.456 e. The lowest BCUT2D eigenvalue weighted by molar-refractivity contribution is -0.121. The van der Waals surface area contributed by atoms with Gasteiger partial charge in [0, 0.05) is 25.1 Å². The van der Waals surface area contributed by atoms with Crippen molar-refractivity contribution in [1.29, 1.82) is 0 Å².